The number of furan rings is 1. The van der Waals surface area contributed by atoms with Crippen molar-refractivity contribution in [2.75, 3.05) is 5.73 Å². The third-order valence-corrected chi connectivity index (χ3v) is 7.84. The molecule has 0 amide bonds. The Kier molecular flexibility index (Phi) is 11.7. The number of nitrogens with two attached hydrogens (primary N) is 1. The quantitative estimate of drug-likeness (QED) is 0.146. The van der Waals surface area contributed by atoms with Crippen molar-refractivity contribution in [3.63, 3.8) is 0 Å². The topological polar surface area (TPSA) is 92.9 Å². The van der Waals surface area contributed by atoms with E-state index in [4.69, 9.17) is 10.2 Å². The van der Waals surface area contributed by atoms with E-state index in [1.54, 1.807) is 36.7 Å². The molecule has 2 N–H and O–H groups in total. The lowest BCUT2D eigenvalue weighted by Crippen LogP contribution is -2.13. The molecular formula is C30H39N3O2S. The first kappa shape index (κ1) is 27.7. The number of aromatic nitrogens is 1. The van der Waals surface area contributed by atoms with Gasteiger partial charge < -0.3 is 10.2 Å². The summed E-state index contributed by atoms with van der Waals surface area (Å²) in [4.78, 5) is 19.0. The summed E-state index contributed by atoms with van der Waals surface area (Å²) < 4.78 is 5.50. The van der Waals surface area contributed by atoms with Crippen LogP contribution in [0.1, 0.15) is 117 Å². The number of carbonyl (C=O) groups excluding carboxylic acids is 1. The van der Waals surface area contributed by atoms with Crippen LogP contribution in [-0.2, 0) is 0 Å². The second-order valence-corrected chi connectivity index (χ2v) is 10.6. The predicted octanol–water partition coefficient (Wildman–Crippen LogP) is 8.91. The van der Waals surface area contributed by atoms with E-state index in [9.17, 15) is 10.1 Å². The van der Waals surface area contributed by atoms with Gasteiger partial charge in [-0.25, -0.2) is 4.98 Å². The highest BCUT2D eigenvalue weighted by molar-refractivity contribution is 7.15. The number of carbonyl (C=O) groups is 1. The van der Waals surface area contributed by atoms with Crippen LogP contribution in [0, 0.1) is 11.3 Å². The van der Waals surface area contributed by atoms with Crippen molar-refractivity contribution < 1.29 is 9.21 Å². The molecule has 0 aliphatic heterocycles. The normalized spacial score (nSPS) is 11.9. The van der Waals surface area contributed by atoms with Gasteiger partial charge in [-0.1, -0.05) is 102 Å². The zero-order chi connectivity index (χ0) is 25.6. The first-order valence-electron chi connectivity index (χ1n) is 13.5. The minimum Gasteiger partial charge on any atom is -0.460 e. The Bertz CT molecular complexity index is 1110. The average molecular weight is 506 g/mol. The number of nitrogen functional groups attached to an aromatic ring is 1. The molecule has 0 fully saturated rings. The Morgan fingerprint density at radius 2 is 1.64 bits per heavy atom. The van der Waals surface area contributed by atoms with Gasteiger partial charge in [0.2, 0.25) is 0 Å². The summed E-state index contributed by atoms with van der Waals surface area (Å²) in [6.45, 7) is 2.26. The molecule has 3 rings (SSSR count). The van der Waals surface area contributed by atoms with Gasteiger partial charge in [-0.3, -0.25) is 4.79 Å². The number of rotatable bonds is 17. The predicted molar refractivity (Wildman–Crippen MR) is 148 cm³/mol. The molecule has 0 spiro atoms. The van der Waals surface area contributed by atoms with E-state index in [0.717, 1.165) is 24.1 Å². The largest absolute Gasteiger partial charge is 0.460 e. The number of nitrogens with zero attached hydrogens (tertiary/aromatic N) is 2. The summed E-state index contributed by atoms with van der Waals surface area (Å²) in [6.07, 6.45) is 19.4. The standard InChI is InChI=1S/C30H39N3O2S/c1-2-3-4-5-6-7-8-9-10-11-12-13-18-25(28(34)24-17-15-14-16-23(24)21-31)27-22-33-30(36-27)29-26(32)19-20-35-29/h14-17,19-20,22,25H,2-13,18,32H2,1H3. The van der Waals surface area contributed by atoms with Crippen molar-refractivity contribution in [1.82, 2.24) is 4.98 Å². The summed E-state index contributed by atoms with van der Waals surface area (Å²) in [5.41, 5.74) is 7.44. The Morgan fingerprint density at radius 3 is 2.25 bits per heavy atom. The summed E-state index contributed by atoms with van der Waals surface area (Å²) in [5.74, 6) is 0.197. The monoisotopic (exact) mass is 505 g/mol. The Labute approximate surface area is 219 Å². The lowest BCUT2D eigenvalue weighted by Gasteiger charge is -2.15. The van der Waals surface area contributed by atoms with Gasteiger partial charge in [-0.2, -0.15) is 5.26 Å². The molecule has 192 valence electrons. The third-order valence-electron chi connectivity index (χ3n) is 6.73. The van der Waals surface area contributed by atoms with Crippen molar-refractivity contribution in [2.24, 2.45) is 0 Å². The fraction of sp³-hybridized carbons (Fsp3) is 0.500. The zero-order valence-electron chi connectivity index (χ0n) is 21.5. The van der Waals surface area contributed by atoms with Crippen molar-refractivity contribution in [3.8, 4) is 16.8 Å². The zero-order valence-corrected chi connectivity index (χ0v) is 22.3. The molecule has 3 aromatic rings. The summed E-state index contributed by atoms with van der Waals surface area (Å²) in [5, 5.41) is 10.2. The van der Waals surface area contributed by atoms with Crippen LogP contribution in [-0.4, -0.2) is 10.8 Å². The van der Waals surface area contributed by atoms with Crippen LogP contribution >= 0.6 is 11.3 Å². The van der Waals surface area contributed by atoms with Crippen molar-refractivity contribution in [3.05, 3.63) is 58.8 Å². The molecule has 36 heavy (non-hydrogen) atoms. The number of nitriles is 1. The molecule has 0 saturated heterocycles. The third kappa shape index (κ3) is 8.06. The number of benzene rings is 1. The van der Waals surface area contributed by atoms with Gasteiger partial charge in [0.15, 0.2) is 16.6 Å². The Hall–Kier alpha value is -2.91. The molecule has 1 atom stereocenters. The van der Waals surface area contributed by atoms with Gasteiger partial charge in [0, 0.05) is 22.7 Å². The molecule has 0 saturated carbocycles. The molecule has 2 heterocycles. The van der Waals surface area contributed by atoms with E-state index in [-0.39, 0.29) is 11.7 Å². The lowest BCUT2D eigenvalue weighted by atomic mass is 9.89. The lowest BCUT2D eigenvalue weighted by molar-refractivity contribution is 0.0954. The molecule has 0 radical (unpaired) electrons. The van der Waals surface area contributed by atoms with Crippen LogP contribution in [0.2, 0.25) is 0 Å². The van der Waals surface area contributed by atoms with Crippen LogP contribution < -0.4 is 5.73 Å². The maximum absolute atomic E-state index is 13.6. The minimum atomic E-state index is -0.329. The molecule has 2 aromatic heterocycles. The number of thiazole rings is 1. The van der Waals surface area contributed by atoms with Gasteiger partial charge in [-0.05, 0) is 12.5 Å². The molecular weight excluding hydrogens is 466 g/mol. The van der Waals surface area contributed by atoms with Gasteiger partial charge in [0.05, 0.1) is 29.5 Å². The van der Waals surface area contributed by atoms with Crippen LogP contribution in [0.25, 0.3) is 10.8 Å². The highest BCUT2D eigenvalue weighted by Crippen LogP contribution is 2.37. The first-order valence-corrected chi connectivity index (χ1v) is 14.3. The number of anilines is 1. The second kappa shape index (κ2) is 15.3. The Morgan fingerprint density at radius 1 is 1.00 bits per heavy atom. The molecule has 6 heteroatoms. The molecule has 1 unspecified atom stereocenters. The van der Waals surface area contributed by atoms with Crippen LogP contribution in [0.4, 0.5) is 5.69 Å². The summed E-state index contributed by atoms with van der Waals surface area (Å²) >= 11 is 1.44. The minimum absolute atomic E-state index is 0.0159. The number of hydrogen-bond donors (Lipinski definition) is 1. The van der Waals surface area contributed by atoms with Crippen LogP contribution in [0.3, 0.4) is 0 Å². The number of unbranched alkanes of at least 4 members (excludes halogenated alkanes) is 11. The van der Waals surface area contributed by atoms with E-state index in [2.05, 4.69) is 18.0 Å². The molecule has 0 aliphatic rings. The molecule has 0 aliphatic carbocycles. The fourth-order valence-electron chi connectivity index (χ4n) is 4.62. The molecule has 5 nitrogen and oxygen atoms in total. The van der Waals surface area contributed by atoms with Crippen molar-refractivity contribution in [1.29, 1.82) is 5.26 Å². The SMILES string of the molecule is CCCCCCCCCCCCCCC(C(=O)c1ccccc1C#N)c1cnc(-c2occc2N)s1. The van der Waals surface area contributed by atoms with E-state index in [1.807, 2.05) is 6.07 Å². The highest BCUT2D eigenvalue weighted by Gasteiger charge is 2.26. The number of Topliss-reactive ketones (excluding diaryl/α,β-unsaturated/α-hetero) is 1. The van der Waals surface area contributed by atoms with E-state index >= 15 is 0 Å². The summed E-state index contributed by atoms with van der Waals surface area (Å²) in [7, 11) is 0. The molecule has 0 bridgehead atoms. The number of ketones is 1. The van der Waals surface area contributed by atoms with E-state index in [0.29, 0.717) is 27.6 Å². The van der Waals surface area contributed by atoms with Gasteiger partial charge in [0.25, 0.3) is 0 Å². The average Bonchev–Trinajstić information content (AvgIpc) is 3.55. The van der Waals surface area contributed by atoms with Crippen LogP contribution in [0.15, 0.2) is 47.2 Å². The van der Waals surface area contributed by atoms with Gasteiger partial charge >= 0.3 is 0 Å². The fourth-order valence-corrected chi connectivity index (χ4v) is 5.68. The maximum Gasteiger partial charge on any atom is 0.185 e. The van der Waals surface area contributed by atoms with Crippen molar-refractivity contribution >= 4 is 22.8 Å². The molecule has 1 aromatic carbocycles. The van der Waals surface area contributed by atoms with E-state index in [1.165, 1.54) is 75.5 Å². The second-order valence-electron chi connectivity index (χ2n) is 9.52. The van der Waals surface area contributed by atoms with Crippen LogP contribution in [0.5, 0.6) is 0 Å². The maximum atomic E-state index is 13.6. The Balaban J connectivity index is 1.55. The number of hydrogen-bond acceptors (Lipinski definition) is 6. The highest BCUT2D eigenvalue weighted by atomic mass is 32.1. The first-order chi connectivity index (χ1) is 17.7. The summed E-state index contributed by atoms with van der Waals surface area (Å²) in [6, 6.07) is 10.9. The van der Waals surface area contributed by atoms with Gasteiger partial charge in [0.1, 0.15) is 0 Å². The van der Waals surface area contributed by atoms with Crippen molar-refractivity contribution in [2.45, 2.75) is 96.3 Å². The van der Waals surface area contributed by atoms with Gasteiger partial charge in [-0.15, -0.1) is 11.3 Å². The van der Waals surface area contributed by atoms with E-state index < -0.39 is 0 Å². The smallest absolute Gasteiger partial charge is 0.185 e.